The zero-order chi connectivity index (χ0) is 21.2. The van der Waals surface area contributed by atoms with E-state index in [4.69, 9.17) is 11.6 Å². The Balaban J connectivity index is 2.10. The molecule has 0 bridgehead atoms. The Kier molecular flexibility index (Phi) is 9.55. The summed E-state index contributed by atoms with van der Waals surface area (Å²) in [5.41, 5.74) is 3.27. The first kappa shape index (κ1) is 23.3. The molecule has 2 aromatic rings. The van der Waals surface area contributed by atoms with E-state index in [1.54, 1.807) is 4.90 Å². The lowest BCUT2D eigenvalue weighted by Crippen LogP contribution is -2.49. The minimum atomic E-state index is -0.476. The van der Waals surface area contributed by atoms with Crippen LogP contribution in [0.5, 0.6) is 0 Å². The standard InChI is InChI=1S/C23H29ClN2O2S/c1-4-21(23(28)25-5-2)26(14-18-11-9-17(3)10-12-18)22(27)16-29-15-19-7-6-8-20(24)13-19/h6-13,21H,4-5,14-16H2,1-3H3,(H,25,28)/t21-/m1/s1. The predicted octanol–water partition coefficient (Wildman–Crippen LogP) is 4.83. The molecule has 156 valence electrons. The molecule has 1 atom stereocenters. The fourth-order valence-corrected chi connectivity index (χ4v) is 4.14. The highest BCUT2D eigenvalue weighted by atomic mass is 35.5. The maximum absolute atomic E-state index is 13.1. The zero-order valence-electron chi connectivity index (χ0n) is 17.3. The smallest absolute Gasteiger partial charge is 0.242 e. The average Bonchev–Trinajstić information content (AvgIpc) is 2.69. The summed E-state index contributed by atoms with van der Waals surface area (Å²) in [6.07, 6.45) is 0.572. The number of thioether (sulfide) groups is 1. The second-order valence-electron chi connectivity index (χ2n) is 6.95. The van der Waals surface area contributed by atoms with E-state index in [1.807, 2.05) is 69.3 Å². The van der Waals surface area contributed by atoms with Gasteiger partial charge in [0.05, 0.1) is 5.75 Å². The predicted molar refractivity (Wildman–Crippen MR) is 122 cm³/mol. The van der Waals surface area contributed by atoms with Gasteiger partial charge in [-0.1, -0.05) is 60.5 Å². The van der Waals surface area contributed by atoms with Gasteiger partial charge in [-0.15, -0.1) is 11.8 Å². The number of hydrogen-bond acceptors (Lipinski definition) is 3. The lowest BCUT2D eigenvalue weighted by molar-refractivity contribution is -0.139. The van der Waals surface area contributed by atoms with Crippen molar-refractivity contribution in [1.82, 2.24) is 10.2 Å². The van der Waals surface area contributed by atoms with Crippen molar-refractivity contribution in [2.45, 2.75) is 45.5 Å². The van der Waals surface area contributed by atoms with Crippen LogP contribution >= 0.6 is 23.4 Å². The number of nitrogens with one attached hydrogen (secondary N) is 1. The number of rotatable bonds is 10. The first-order valence-electron chi connectivity index (χ1n) is 9.89. The molecule has 6 heteroatoms. The lowest BCUT2D eigenvalue weighted by atomic mass is 10.1. The van der Waals surface area contributed by atoms with Crippen LogP contribution in [0.15, 0.2) is 48.5 Å². The van der Waals surface area contributed by atoms with Gasteiger partial charge < -0.3 is 10.2 Å². The topological polar surface area (TPSA) is 49.4 Å². The van der Waals surface area contributed by atoms with Gasteiger partial charge in [-0.2, -0.15) is 0 Å². The Hall–Kier alpha value is -1.98. The normalized spacial score (nSPS) is 11.7. The van der Waals surface area contributed by atoms with E-state index in [0.29, 0.717) is 36.0 Å². The van der Waals surface area contributed by atoms with Crippen LogP contribution < -0.4 is 5.32 Å². The molecular weight excluding hydrogens is 404 g/mol. The van der Waals surface area contributed by atoms with Crippen LogP contribution in [0.25, 0.3) is 0 Å². The molecule has 0 spiro atoms. The maximum Gasteiger partial charge on any atom is 0.242 e. The van der Waals surface area contributed by atoms with E-state index >= 15 is 0 Å². The van der Waals surface area contributed by atoms with Crippen LogP contribution in [-0.2, 0) is 21.9 Å². The molecule has 0 aliphatic rings. The molecule has 0 saturated heterocycles. The summed E-state index contributed by atoms with van der Waals surface area (Å²) in [6.45, 7) is 6.83. The molecule has 0 fully saturated rings. The van der Waals surface area contributed by atoms with Gasteiger partial charge in [0.15, 0.2) is 0 Å². The molecule has 1 N–H and O–H groups in total. The average molecular weight is 433 g/mol. The molecule has 29 heavy (non-hydrogen) atoms. The number of aryl methyl sites for hydroxylation is 1. The van der Waals surface area contributed by atoms with Gasteiger partial charge in [-0.25, -0.2) is 0 Å². The second-order valence-corrected chi connectivity index (χ2v) is 8.37. The third-order valence-corrected chi connectivity index (χ3v) is 5.82. The number of likely N-dealkylation sites (N-methyl/N-ethyl adjacent to an activating group) is 1. The van der Waals surface area contributed by atoms with E-state index in [-0.39, 0.29) is 11.8 Å². The SMILES string of the molecule is CCNC(=O)[C@@H](CC)N(Cc1ccc(C)cc1)C(=O)CSCc1cccc(Cl)c1. The molecule has 2 rings (SSSR count). The molecule has 0 aromatic heterocycles. The van der Waals surface area contributed by atoms with Crippen molar-refractivity contribution in [3.8, 4) is 0 Å². The van der Waals surface area contributed by atoms with Crippen LogP contribution in [-0.4, -0.2) is 35.1 Å². The number of carbonyl (C=O) groups excluding carboxylic acids is 2. The molecule has 0 aliphatic heterocycles. The van der Waals surface area contributed by atoms with E-state index in [0.717, 1.165) is 11.1 Å². The van der Waals surface area contributed by atoms with Crippen LogP contribution in [0.4, 0.5) is 0 Å². The minimum absolute atomic E-state index is 0.0318. The third-order valence-electron chi connectivity index (χ3n) is 4.59. The van der Waals surface area contributed by atoms with Gasteiger partial charge in [0.2, 0.25) is 11.8 Å². The van der Waals surface area contributed by atoms with Crippen molar-refractivity contribution in [3.05, 3.63) is 70.2 Å². The van der Waals surface area contributed by atoms with E-state index in [9.17, 15) is 9.59 Å². The monoisotopic (exact) mass is 432 g/mol. The number of amides is 2. The minimum Gasteiger partial charge on any atom is -0.355 e. The Morgan fingerprint density at radius 3 is 2.45 bits per heavy atom. The number of benzene rings is 2. The largest absolute Gasteiger partial charge is 0.355 e. The fraction of sp³-hybridized carbons (Fsp3) is 0.391. The summed E-state index contributed by atoms with van der Waals surface area (Å²) in [4.78, 5) is 27.4. The Bertz CT molecular complexity index is 811. The van der Waals surface area contributed by atoms with Crippen molar-refractivity contribution < 1.29 is 9.59 Å². The van der Waals surface area contributed by atoms with Crippen molar-refractivity contribution in [2.75, 3.05) is 12.3 Å². The Morgan fingerprint density at radius 1 is 1.10 bits per heavy atom. The lowest BCUT2D eigenvalue weighted by Gasteiger charge is -2.30. The van der Waals surface area contributed by atoms with E-state index in [1.165, 1.54) is 17.3 Å². The van der Waals surface area contributed by atoms with Crippen LogP contribution in [0.2, 0.25) is 5.02 Å². The molecule has 0 aliphatic carbocycles. The quantitative estimate of drug-likeness (QED) is 0.585. The molecule has 0 heterocycles. The first-order chi connectivity index (χ1) is 13.9. The molecule has 0 unspecified atom stereocenters. The highest BCUT2D eigenvalue weighted by Crippen LogP contribution is 2.19. The highest BCUT2D eigenvalue weighted by Gasteiger charge is 2.28. The van der Waals surface area contributed by atoms with Crippen LogP contribution in [0.1, 0.15) is 37.0 Å². The van der Waals surface area contributed by atoms with Crippen molar-refractivity contribution in [3.63, 3.8) is 0 Å². The molecule has 2 amide bonds. The molecular formula is C23H29ClN2O2S. The number of carbonyl (C=O) groups is 2. The molecule has 4 nitrogen and oxygen atoms in total. The summed E-state index contributed by atoms with van der Waals surface area (Å²) in [5.74, 6) is 0.877. The highest BCUT2D eigenvalue weighted by molar-refractivity contribution is 7.99. The van der Waals surface area contributed by atoms with Crippen LogP contribution in [0.3, 0.4) is 0 Å². The second kappa shape index (κ2) is 11.9. The van der Waals surface area contributed by atoms with Gasteiger partial charge in [-0.05, 0) is 43.5 Å². The Labute approximate surface area is 183 Å². The number of hydrogen-bond donors (Lipinski definition) is 1. The molecule has 0 radical (unpaired) electrons. The first-order valence-corrected chi connectivity index (χ1v) is 11.4. The van der Waals surface area contributed by atoms with E-state index in [2.05, 4.69) is 5.32 Å². The van der Waals surface area contributed by atoms with Crippen molar-refractivity contribution >= 4 is 35.2 Å². The number of halogens is 1. The molecule has 2 aromatic carbocycles. The summed E-state index contributed by atoms with van der Waals surface area (Å²) in [5, 5.41) is 3.55. The Morgan fingerprint density at radius 2 is 1.83 bits per heavy atom. The zero-order valence-corrected chi connectivity index (χ0v) is 18.9. The third kappa shape index (κ3) is 7.41. The fourth-order valence-electron chi connectivity index (χ4n) is 3.07. The van der Waals surface area contributed by atoms with Crippen molar-refractivity contribution in [2.24, 2.45) is 0 Å². The maximum atomic E-state index is 13.1. The van der Waals surface area contributed by atoms with Crippen LogP contribution in [0, 0.1) is 6.92 Å². The van der Waals surface area contributed by atoms with E-state index < -0.39 is 6.04 Å². The summed E-state index contributed by atoms with van der Waals surface area (Å²) >= 11 is 7.57. The number of nitrogens with zero attached hydrogens (tertiary/aromatic N) is 1. The molecule has 0 saturated carbocycles. The summed E-state index contributed by atoms with van der Waals surface area (Å²) < 4.78 is 0. The summed E-state index contributed by atoms with van der Waals surface area (Å²) in [6, 6.07) is 15.3. The van der Waals surface area contributed by atoms with Gasteiger partial charge in [0.25, 0.3) is 0 Å². The van der Waals surface area contributed by atoms with Crippen molar-refractivity contribution in [1.29, 1.82) is 0 Å². The summed E-state index contributed by atoms with van der Waals surface area (Å²) in [7, 11) is 0. The van der Waals surface area contributed by atoms with Gasteiger partial charge in [0, 0.05) is 23.9 Å². The van der Waals surface area contributed by atoms with Gasteiger partial charge in [-0.3, -0.25) is 9.59 Å². The van der Waals surface area contributed by atoms with Gasteiger partial charge >= 0.3 is 0 Å². The van der Waals surface area contributed by atoms with Gasteiger partial charge in [0.1, 0.15) is 6.04 Å².